The van der Waals surface area contributed by atoms with Crippen molar-refractivity contribution in [2.24, 2.45) is 0 Å². The van der Waals surface area contributed by atoms with Gasteiger partial charge in [0.1, 0.15) is 22.8 Å². The molecule has 1 N–H and O–H groups in total. The minimum absolute atomic E-state index is 0.0688. The van der Waals surface area contributed by atoms with E-state index in [0.29, 0.717) is 11.5 Å². The molecule has 5 nitrogen and oxygen atoms in total. The molecule has 2 heterocycles. The normalized spacial score (nSPS) is 17.1. The lowest BCUT2D eigenvalue weighted by Gasteiger charge is -2.27. The topological polar surface area (TPSA) is 76.5 Å². The molecule has 2 unspecified atom stereocenters. The largest absolute Gasteiger partial charge is 0.456 e. The Morgan fingerprint density at radius 2 is 1.96 bits per heavy atom. The van der Waals surface area contributed by atoms with Crippen molar-refractivity contribution in [3.05, 3.63) is 81.8 Å². The van der Waals surface area contributed by atoms with Gasteiger partial charge in [0.15, 0.2) is 11.1 Å². The van der Waals surface area contributed by atoms with Crippen LogP contribution in [0.1, 0.15) is 27.6 Å². The maximum atomic E-state index is 12.0. The average Bonchev–Trinajstić information content (AvgIpc) is 3.21. The Morgan fingerprint density at radius 3 is 2.63 bits per heavy atom. The highest BCUT2D eigenvalue weighted by Crippen LogP contribution is 2.46. The highest BCUT2D eigenvalue weighted by molar-refractivity contribution is 7.78. The highest BCUT2D eigenvalue weighted by Gasteiger charge is 2.32. The van der Waals surface area contributed by atoms with E-state index >= 15 is 0 Å². The first kappa shape index (κ1) is 17.8. The number of nitrogens with zero attached hydrogens (tertiary/aromatic N) is 1. The van der Waals surface area contributed by atoms with Gasteiger partial charge in [-0.2, -0.15) is 0 Å². The van der Waals surface area contributed by atoms with Crippen molar-refractivity contribution >= 4 is 40.0 Å². The zero-order chi connectivity index (χ0) is 18.8. The molecule has 0 saturated heterocycles. The lowest BCUT2D eigenvalue weighted by Crippen LogP contribution is -2.15. The zero-order valence-corrected chi connectivity index (χ0v) is 15.7. The fourth-order valence-corrected chi connectivity index (χ4v) is 4.33. The van der Waals surface area contributed by atoms with E-state index in [0.717, 1.165) is 33.6 Å². The molecule has 4 rings (SSSR count). The molecule has 0 aliphatic carbocycles. The number of aromatic nitrogens is 1. The second-order valence-corrected chi connectivity index (χ2v) is 7.82. The minimum atomic E-state index is -1.89. The van der Waals surface area contributed by atoms with E-state index in [2.05, 4.69) is 4.98 Å². The molecule has 3 aromatic rings. The molecule has 7 heteroatoms. The van der Waals surface area contributed by atoms with Crippen molar-refractivity contribution in [1.82, 2.24) is 4.98 Å². The molecule has 1 aliphatic heterocycles. The van der Waals surface area contributed by atoms with Crippen LogP contribution in [0.3, 0.4) is 0 Å². The summed E-state index contributed by atoms with van der Waals surface area (Å²) in [5.74, 6) is 0.822. The molecule has 27 heavy (non-hydrogen) atoms. The number of hydrogen-bond donors (Lipinski definition) is 1. The molecule has 0 spiro atoms. The number of ether oxygens (including phenoxy) is 1. The molecule has 0 amide bonds. The van der Waals surface area contributed by atoms with Crippen LogP contribution in [0.2, 0.25) is 0 Å². The van der Waals surface area contributed by atoms with Crippen molar-refractivity contribution in [3.8, 4) is 5.75 Å². The van der Waals surface area contributed by atoms with Crippen LogP contribution >= 0.6 is 11.3 Å². The van der Waals surface area contributed by atoms with Gasteiger partial charge in [0.2, 0.25) is 0 Å². The van der Waals surface area contributed by atoms with Gasteiger partial charge in [0, 0.05) is 28.3 Å². The van der Waals surface area contributed by atoms with Crippen LogP contribution in [-0.4, -0.2) is 20.0 Å². The van der Waals surface area contributed by atoms with Crippen LogP contribution < -0.4 is 4.74 Å². The molecule has 136 valence electrons. The minimum Gasteiger partial charge on any atom is -0.456 e. The van der Waals surface area contributed by atoms with Gasteiger partial charge in [-0.25, -0.2) is 9.19 Å². The summed E-state index contributed by atoms with van der Waals surface area (Å²) in [5.41, 5.74) is 3.08. The van der Waals surface area contributed by atoms with Gasteiger partial charge in [-0.15, -0.1) is 11.3 Å². The van der Waals surface area contributed by atoms with E-state index < -0.39 is 17.0 Å². The summed E-state index contributed by atoms with van der Waals surface area (Å²) in [5, 5.41) is 2.60. The maximum Gasteiger partial charge on any atom is 0.157 e. The Labute approximate surface area is 162 Å². The van der Waals surface area contributed by atoms with Gasteiger partial charge < -0.3 is 14.1 Å². The third-order valence-corrected chi connectivity index (χ3v) is 5.71. The average molecular weight is 397 g/mol. The summed E-state index contributed by atoms with van der Waals surface area (Å²) in [6.07, 6.45) is 2.62. The van der Waals surface area contributed by atoms with Gasteiger partial charge in [0.25, 0.3) is 0 Å². The number of fused-ring (bicyclic) bond motifs is 1. The smallest absolute Gasteiger partial charge is 0.157 e. The summed E-state index contributed by atoms with van der Waals surface area (Å²) < 4.78 is 26.3. The third-order valence-electron chi connectivity index (χ3n) is 4.33. The molecule has 0 saturated carbocycles. The number of rotatable bonds is 5. The molecule has 0 radical (unpaired) electrons. The molecule has 2 aromatic carbocycles. The standard InChI is InChI=1S/C20H15NO4S2/c22-11-16-15-3-1-2-4-17(15)25-19(18(16)20-21-9-10-26-20)14-7-5-13(6-8-14)12-27(23)24/h1-11,16H,12H2,(H,23,24). The van der Waals surface area contributed by atoms with E-state index in [-0.39, 0.29) is 5.75 Å². The van der Waals surface area contributed by atoms with Crippen LogP contribution in [0, 0.1) is 0 Å². The molecule has 2 atom stereocenters. The second kappa shape index (κ2) is 7.56. The van der Waals surface area contributed by atoms with E-state index in [1.807, 2.05) is 41.8 Å². The Bertz CT molecular complexity index is 1030. The predicted octanol–water partition coefficient (Wildman–Crippen LogP) is 4.11. The van der Waals surface area contributed by atoms with E-state index in [9.17, 15) is 9.00 Å². The molecule has 1 aromatic heterocycles. The van der Waals surface area contributed by atoms with Crippen molar-refractivity contribution in [2.75, 3.05) is 0 Å². The van der Waals surface area contributed by atoms with Gasteiger partial charge in [-0.1, -0.05) is 42.5 Å². The van der Waals surface area contributed by atoms with E-state index in [1.54, 1.807) is 18.3 Å². The van der Waals surface area contributed by atoms with Crippen LogP contribution in [-0.2, 0) is 21.6 Å². The highest BCUT2D eigenvalue weighted by atomic mass is 32.2. The Hall–Kier alpha value is -2.61. The van der Waals surface area contributed by atoms with Gasteiger partial charge >= 0.3 is 0 Å². The number of para-hydroxylation sites is 1. The van der Waals surface area contributed by atoms with Crippen LogP contribution in [0.4, 0.5) is 0 Å². The molecule has 0 bridgehead atoms. The molecule has 1 aliphatic rings. The first-order chi connectivity index (χ1) is 13.2. The first-order valence-electron chi connectivity index (χ1n) is 8.20. The van der Waals surface area contributed by atoms with Gasteiger partial charge in [-0.05, 0) is 11.6 Å². The second-order valence-electron chi connectivity index (χ2n) is 6.00. The third kappa shape index (κ3) is 3.49. The number of carbonyl (C=O) groups excluding carboxylic acids is 1. The number of thiazole rings is 1. The van der Waals surface area contributed by atoms with Crippen molar-refractivity contribution in [2.45, 2.75) is 11.7 Å². The Kier molecular flexibility index (Phi) is 4.98. The lowest BCUT2D eigenvalue weighted by atomic mass is 9.87. The summed E-state index contributed by atoms with van der Waals surface area (Å²) in [4.78, 5) is 16.4. The van der Waals surface area contributed by atoms with Crippen molar-refractivity contribution in [1.29, 1.82) is 0 Å². The summed E-state index contributed by atoms with van der Waals surface area (Å²) in [7, 11) is 0. The lowest BCUT2D eigenvalue weighted by molar-refractivity contribution is -0.108. The zero-order valence-electron chi connectivity index (χ0n) is 14.1. The summed E-state index contributed by atoms with van der Waals surface area (Å²) in [6.45, 7) is 0. The number of carbonyl (C=O) groups is 1. The van der Waals surface area contributed by atoms with E-state index in [1.165, 1.54) is 11.3 Å². The SMILES string of the molecule is O=CC1C(c2nccs2)=C(c2ccc(CS(=O)O)cc2)Oc2ccccc21. The van der Waals surface area contributed by atoms with Gasteiger partial charge in [0.05, 0.1) is 11.7 Å². The molecule has 0 fully saturated rings. The predicted molar refractivity (Wildman–Crippen MR) is 106 cm³/mol. The molecular weight excluding hydrogens is 382 g/mol. The van der Waals surface area contributed by atoms with Crippen LogP contribution in [0.25, 0.3) is 11.3 Å². The van der Waals surface area contributed by atoms with Crippen LogP contribution in [0.5, 0.6) is 5.75 Å². The number of allylic oxidation sites excluding steroid dienone is 1. The van der Waals surface area contributed by atoms with Gasteiger partial charge in [-0.3, -0.25) is 0 Å². The van der Waals surface area contributed by atoms with Crippen molar-refractivity contribution < 1.29 is 18.3 Å². The van der Waals surface area contributed by atoms with Crippen molar-refractivity contribution in [3.63, 3.8) is 0 Å². The maximum absolute atomic E-state index is 12.0. The fraction of sp³-hybridized carbons (Fsp3) is 0.100. The number of hydrogen-bond acceptors (Lipinski definition) is 5. The Balaban J connectivity index is 1.86. The Morgan fingerprint density at radius 1 is 1.19 bits per heavy atom. The number of benzene rings is 2. The first-order valence-corrected chi connectivity index (χ1v) is 10.4. The molecular formula is C20H15NO4S2. The van der Waals surface area contributed by atoms with E-state index in [4.69, 9.17) is 9.29 Å². The summed E-state index contributed by atoms with van der Waals surface area (Å²) >= 11 is -0.442. The fourth-order valence-electron chi connectivity index (χ4n) is 3.13. The monoisotopic (exact) mass is 397 g/mol. The summed E-state index contributed by atoms with van der Waals surface area (Å²) in [6, 6.07) is 14.7. The number of aldehydes is 1. The quantitative estimate of drug-likeness (QED) is 0.518. The van der Waals surface area contributed by atoms with Crippen LogP contribution in [0.15, 0.2) is 60.1 Å².